The number of aromatic nitrogens is 3. The second-order valence-corrected chi connectivity index (χ2v) is 8.96. The van der Waals surface area contributed by atoms with Gasteiger partial charge in [-0.3, -0.25) is 0 Å². The van der Waals surface area contributed by atoms with Crippen molar-refractivity contribution >= 4 is 17.4 Å². The van der Waals surface area contributed by atoms with Gasteiger partial charge in [0.2, 0.25) is 0 Å². The molecule has 0 unspecified atom stereocenters. The summed E-state index contributed by atoms with van der Waals surface area (Å²) in [6.07, 6.45) is -0.492. The Morgan fingerprint density at radius 3 is 2.69 bits per heavy atom. The van der Waals surface area contributed by atoms with Crippen molar-refractivity contribution in [1.82, 2.24) is 20.3 Å². The van der Waals surface area contributed by atoms with E-state index in [0.29, 0.717) is 41.8 Å². The molecule has 2 fully saturated rings. The Balaban J connectivity index is 1.21. The molecule has 1 aliphatic carbocycles. The van der Waals surface area contributed by atoms with Crippen LogP contribution in [-0.2, 0) is 12.7 Å². The summed E-state index contributed by atoms with van der Waals surface area (Å²) < 4.78 is 39.1. The number of pyridine rings is 1. The van der Waals surface area contributed by atoms with Gasteiger partial charge in [0.15, 0.2) is 0 Å². The normalized spacial score (nSPS) is 23.0. The number of halogens is 4. The first-order valence-corrected chi connectivity index (χ1v) is 11.1. The number of hydrogen-bond donors (Lipinski definition) is 2. The van der Waals surface area contributed by atoms with E-state index in [4.69, 9.17) is 11.6 Å². The van der Waals surface area contributed by atoms with E-state index in [-0.39, 0.29) is 0 Å². The second-order valence-electron chi connectivity index (χ2n) is 8.52. The molecule has 1 aromatic carbocycles. The zero-order valence-electron chi connectivity index (χ0n) is 17.2. The fraction of sp³-hybridized carbons (Fsp3) is 0.391. The van der Waals surface area contributed by atoms with E-state index in [0.717, 1.165) is 42.5 Å². The van der Waals surface area contributed by atoms with Gasteiger partial charge in [0.05, 0.1) is 18.4 Å². The molecule has 5 nitrogen and oxygen atoms in total. The lowest BCUT2D eigenvalue weighted by Gasteiger charge is -2.22. The van der Waals surface area contributed by atoms with E-state index in [1.54, 1.807) is 6.07 Å². The summed E-state index contributed by atoms with van der Waals surface area (Å²) in [6, 6.07) is 12.0. The molecule has 2 N–H and O–H groups in total. The Kier molecular flexibility index (Phi) is 5.59. The average Bonchev–Trinajstić information content (AvgIpc) is 3.49. The molecular formula is C23H23ClF3N5. The van der Waals surface area contributed by atoms with Crippen molar-refractivity contribution in [3.63, 3.8) is 0 Å². The van der Waals surface area contributed by atoms with Gasteiger partial charge in [0.25, 0.3) is 0 Å². The van der Waals surface area contributed by atoms with Gasteiger partial charge in [0, 0.05) is 24.2 Å². The molecule has 2 aliphatic rings. The lowest BCUT2D eigenvalue weighted by molar-refractivity contribution is -0.141. The minimum atomic E-state index is -4.43. The third-order valence-electron chi connectivity index (χ3n) is 6.52. The van der Waals surface area contributed by atoms with Crippen LogP contribution in [0.1, 0.15) is 24.4 Å². The SMILES string of the molecule is FC(F)(F)c1cccc(N2C[C@H]3CC[C@H](NCc4ncc(-c5ccc(Cl)cc5)[nH]4)[C@H]3C2)n1. The van der Waals surface area contributed by atoms with Crippen LogP contribution in [0.3, 0.4) is 0 Å². The molecule has 2 aromatic heterocycles. The number of alkyl halides is 3. The Bertz CT molecular complexity index is 1080. The number of nitrogens with zero attached hydrogens (tertiary/aromatic N) is 3. The number of anilines is 1. The second kappa shape index (κ2) is 8.41. The van der Waals surface area contributed by atoms with Gasteiger partial charge in [-0.05, 0) is 54.5 Å². The number of benzene rings is 1. The van der Waals surface area contributed by atoms with Crippen molar-refractivity contribution in [3.8, 4) is 11.3 Å². The van der Waals surface area contributed by atoms with Crippen LogP contribution in [0.4, 0.5) is 19.0 Å². The van der Waals surface area contributed by atoms with Gasteiger partial charge in [-0.2, -0.15) is 13.2 Å². The van der Waals surface area contributed by atoms with Crippen molar-refractivity contribution in [3.05, 3.63) is 65.2 Å². The average molecular weight is 462 g/mol. The number of hydrogen-bond acceptors (Lipinski definition) is 4. The fourth-order valence-electron chi connectivity index (χ4n) is 4.92. The van der Waals surface area contributed by atoms with Crippen molar-refractivity contribution in [1.29, 1.82) is 0 Å². The predicted octanol–water partition coefficient (Wildman–Crippen LogP) is 5.15. The molecule has 1 saturated carbocycles. The zero-order valence-corrected chi connectivity index (χ0v) is 18.0. The van der Waals surface area contributed by atoms with Gasteiger partial charge in [-0.1, -0.05) is 29.8 Å². The quantitative estimate of drug-likeness (QED) is 0.552. The van der Waals surface area contributed by atoms with E-state index in [2.05, 4.69) is 20.3 Å². The summed E-state index contributed by atoms with van der Waals surface area (Å²) in [5.74, 6) is 2.11. The molecule has 0 bridgehead atoms. The van der Waals surface area contributed by atoms with E-state index in [1.807, 2.05) is 35.4 Å². The van der Waals surface area contributed by atoms with Gasteiger partial charge in [-0.25, -0.2) is 9.97 Å². The molecule has 3 atom stereocenters. The van der Waals surface area contributed by atoms with Gasteiger partial charge >= 0.3 is 6.18 Å². The Morgan fingerprint density at radius 2 is 1.91 bits per heavy atom. The highest BCUT2D eigenvalue weighted by Crippen LogP contribution is 2.40. The largest absolute Gasteiger partial charge is 0.433 e. The molecule has 32 heavy (non-hydrogen) atoms. The molecule has 0 amide bonds. The van der Waals surface area contributed by atoms with Gasteiger partial charge < -0.3 is 15.2 Å². The molecule has 9 heteroatoms. The monoisotopic (exact) mass is 461 g/mol. The van der Waals surface area contributed by atoms with Crippen LogP contribution in [0, 0.1) is 11.8 Å². The maximum Gasteiger partial charge on any atom is 0.433 e. The van der Waals surface area contributed by atoms with Crippen molar-refractivity contribution in [2.24, 2.45) is 11.8 Å². The standard InChI is InChI=1S/C23H23ClF3N5/c24-16-7-4-14(5-8-16)19-10-29-21(30-19)11-28-18-9-6-15-12-32(13-17(15)18)22-3-1-2-20(31-22)23(25,26)27/h1-5,7-8,10,15,17-18,28H,6,9,11-13H2,(H,29,30)/t15-,17+,18+/m1/s1. The molecule has 3 aromatic rings. The van der Waals surface area contributed by atoms with Crippen LogP contribution in [0.25, 0.3) is 11.3 Å². The number of rotatable bonds is 5. The summed E-state index contributed by atoms with van der Waals surface area (Å²) in [6.45, 7) is 2.08. The van der Waals surface area contributed by atoms with Gasteiger partial charge in [-0.15, -0.1) is 0 Å². The van der Waals surface area contributed by atoms with Crippen LogP contribution < -0.4 is 10.2 Å². The van der Waals surface area contributed by atoms with Crippen LogP contribution in [0.2, 0.25) is 5.02 Å². The van der Waals surface area contributed by atoms with Crippen LogP contribution >= 0.6 is 11.6 Å². The minimum absolute atomic E-state index is 0.305. The number of nitrogens with one attached hydrogen (secondary N) is 2. The number of fused-ring (bicyclic) bond motifs is 1. The molecule has 168 valence electrons. The summed E-state index contributed by atoms with van der Waals surface area (Å²) in [5, 5.41) is 4.30. The third kappa shape index (κ3) is 4.34. The predicted molar refractivity (Wildman–Crippen MR) is 117 cm³/mol. The third-order valence-corrected chi connectivity index (χ3v) is 6.77. The molecule has 3 heterocycles. The van der Waals surface area contributed by atoms with Crippen molar-refractivity contribution < 1.29 is 13.2 Å². The highest BCUT2D eigenvalue weighted by Gasteiger charge is 2.43. The Morgan fingerprint density at radius 1 is 1.09 bits per heavy atom. The fourth-order valence-corrected chi connectivity index (χ4v) is 5.05. The number of imidazole rings is 1. The lowest BCUT2D eigenvalue weighted by atomic mass is 9.98. The van der Waals surface area contributed by atoms with Gasteiger partial charge in [0.1, 0.15) is 17.3 Å². The van der Waals surface area contributed by atoms with Crippen molar-refractivity contribution in [2.45, 2.75) is 31.6 Å². The molecule has 1 saturated heterocycles. The number of H-pyrrole nitrogens is 1. The van der Waals surface area contributed by atoms with E-state index < -0.39 is 11.9 Å². The Labute approximate surface area is 189 Å². The van der Waals surface area contributed by atoms with Crippen LogP contribution in [0.15, 0.2) is 48.7 Å². The summed E-state index contributed by atoms with van der Waals surface area (Å²) in [4.78, 5) is 13.7. The molecular weight excluding hydrogens is 439 g/mol. The van der Waals surface area contributed by atoms with Crippen LogP contribution in [-0.4, -0.2) is 34.1 Å². The maximum atomic E-state index is 13.0. The number of aromatic amines is 1. The highest BCUT2D eigenvalue weighted by molar-refractivity contribution is 6.30. The van der Waals surface area contributed by atoms with Crippen molar-refractivity contribution in [2.75, 3.05) is 18.0 Å². The first-order chi connectivity index (χ1) is 15.4. The molecule has 5 rings (SSSR count). The smallest absolute Gasteiger partial charge is 0.356 e. The van der Waals surface area contributed by atoms with Crippen LogP contribution in [0.5, 0.6) is 0 Å². The highest BCUT2D eigenvalue weighted by atomic mass is 35.5. The lowest BCUT2D eigenvalue weighted by Crippen LogP contribution is -2.35. The Hall–Kier alpha value is -2.58. The summed E-state index contributed by atoms with van der Waals surface area (Å²) >= 11 is 5.95. The van der Waals surface area contributed by atoms with E-state index >= 15 is 0 Å². The topological polar surface area (TPSA) is 56.8 Å². The van der Waals surface area contributed by atoms with E-state index in [9.17, 15) is 13.2 Å². The molecule has 0 spiro atoms. The first kappa shape index (κ1) is 21.3. The summed E-state index contributed by atoms with van der Waals surface area (Å²) in [5.41, 5.74) is 1.12. The zero-order chi connectivity index (χ0) is 22.3. The summed E-state index contributed by atoms with van der Waals surface area (Å²) in [7, 11) is 0. The maximum absolute atomic E-state index is 13.0. The van der Waals surface area contributed by atoms with E-state index in [1.165, 1.54) is 6.07 Å². The first-order valence-electron chi connectivity index (χ1n) is 10.7. The molecule has 0 radical (unpaired) electrons. The molecule has 1 aliphatic heterocycles. The minimum Gasteiger partial charge on any atom is -0.356 e.